The molecule has 1 aromatic carbocycles. The normalized spacial score (nSPS) is 14.4. The number of carbonyl (C=O) groups is 1. The highest BCUT2D eigenvalue weighted by Crippen LogP contribution is 2.31. The van der Waals surface area contributed by atoms with Crippen LogP contribution in [-0.4, -0.2) is 44.7 Å². The van der Waals surface area contributed by atoms with E-state index >= 15 is 0 Å². The molecular formula is C15H22N2O3. The molecule has 1 amide bonds. The number of hydrogen-bond donors (Lipinski definition) is 1. The van der Waals surface area contributed by atoms with Crippen LogP contribution in [0.2, 0.25) is 0 Å². The molecule has 0 aliphatic carbocycles. The quantitative estimate of drug-likeness (QED) is 0.855. The van der Waals surface area contributed by atoms with Gasteiger partial charge in [-0.1, -0.05) is 12.1 Å². The fraction of sp³-hybridized carbons (Fsp3) is 0.533. The van der Waals surface area contributed by atoms with Crippen LogP contribution in [-0.2, 0) is 11.3 Å². The van der Waals surface area contributed by atoms with Gasteiger partial charge in [-0.3, -0.25) is 4.79 Å². The average molecular weight is 278 g/mol. The van der Waals surface area contributed by atoms with E-state index in [9.17, 15) is 4.79 Å². The Morgan fingerprint density at radius 3 is 2.75 bits per heavy atom. The van der Waals surface area contributed by atoms with Crippen molar-refractivity contribution in [2.75, 3.05) is 33.9 Å². The van der Waals surface area contributed by atoms with Crippen LogP contribution >= 0.6 is 0 Å². The summed E-state index contributed by atoms with van der Waals surface area (Å²) in [6.07, 6.45) is 2.18. The molecule has 2 rings (SSSR count). The van der Waals surface area contributed by atoms with Crippen molar-refractivity contribution < 1.29 is 14.3 Å². The van der Waals surface area contributed by atoms with Crippen LogP contribution in [0.25, 0.3) is 0 Å². The number of nitrogens with one attached hydrogen (secondary N) is 1. The molecule has 5 heteroatoms. The smallest absolute Gasteiger partial charge is 0.260 e. The first-order valence-corrected chi connectivity index (χ1v) is 6.97. The van der Waals surface area contributed by atoms with Gasteiger partial charge in [0.05, 0.1) is 7.11 Å². The summed E-state index contributed by atoms with van der Waals surface area (Å²) in [5, 5.41) is 3.09. The lowest BCUT2D eigenvalue weighted by Crippen LogP contribution is -2.32. The Balaban J connectivity index is 2.05. The second-order valence-electron chi connectivity index (χ2n) is 4.86. The van der Waals surface area contributed by atoms with Gasteiger partial charge < -0.3 is 19.7 Å². The first-order valence-electron chi connectivity index (χ1n) is 6.97. The molecule has 0 radical (unpaired) electrons. The van der Waals surface area contributed by atoms with Gasteiger partial charge in [-0.15, -0.1) is 0 Å². The van der Waals surface area contributed by atoms with Crippen molar-refractivity contribution in [2.24, 2.45) is 0 Å². The first-order chi connectivity index (χ1) is 9.76. The van der Waals surface area contributed by atoms with Crippen LogP contribution in [0.1, 0.15) is 18.4 Å². The van der Waals surface area contributed by atoms with Gasteiger partial charge in [-0.05, 0) is 26.0 Å². The molecule has 5 nitrogen and oxygen atoms in total. The summed E-state index contributed by atoms with van der Waals surface area (Å²) < 4.78 is 11.0. The molecule has 1 saturated heterocycles. The molecular weight excluding hydrogens is 256 g/mol. The van der Waals surface area contributed by atoms with E-state index in [4.69, 9.17) is 9.47 Å². The maximum atomic E-state index is 12.0. The molecule has 1 N–H and O–H groups in total. The van der Waals surface area contributed by atoms with E-state index < -0.39 is 0 Å². The van der Waals surface area contributed by atoms with E-state index in [0.717, 1.165) is 31.5 Å². The van der Waals surface area contributed by atoms with Crippen LogP contribution in [0.5, 0.6) is 11.5 Å². The fourth-order valence-corrected chi connectivity index (χ4v) is 2.41. The van der Waals surface area contributed by atoms with E-state index in [1.807, 2.05) is 30.1 Å². The number of methoxy groups -OCH3 is 1. The topological polar surface area (TPSA) is 50.8 Å². The van der Waals surface area contributed by atoms with Gasteiger partial charge in [0.25, 0.3) is 5.91 Å². The number of carbonyl (C=O) groups excluding carboxylic acids is 1. The van der Waals surface area contributed by atoms with Gasteiger partial charge >= 0.3 is 0 Å². The van der Waals surface area contributed by atoms with Crippen molar-refractivity contribution in [1.82, 2.24) is 10.2 Å². The second-order valence-corrected chi connectivity index (χ2v) is 4.86. The molecule has 1 heterocycles. The summed E-state index contributed by atoms with van der Waals surface area (Å²) in [7, 11) is 3.48. The van der Waals surface area contributed by atoms with Crippen molar-refractivity contribution in [3.63, 3.8) is 0 Å². The van der Waals surface area contributed by atoms with E-state index in [1.165, 1.54) is 0 Å². The molecule has 1 fully saturated rings. The van der Waals surface area contributed by atoms with Gasteiger partial charge in [0, 0.05) is 25.2 Å². The Morgan fingerprint density at radius 1 is 1.35 bits per heavy atom. The van der Waals surface area contributed by atoms with Gasteiger partial charge in [0.1, 0.15) is 0 Å². The van der Waals surface area contributed by atoms with Crippen LogP contribution in [0.3, 0.4) is 0 Å². The SMILES string of the molecule is CNCc1cccc(OC)c1OCC(=O)N1CCCC1. The third-order valence-electron chi connectivity index (χ3n) is 3.45. The van der Waals surface area contributed by atoms with Gasteiger partial charge in [0.15, 0.2) is 18.1 Å². The van der Waals surface area contributed by atoms with Crippen molar-refractivity contribution >= 4 is 5.91 Å². The summed E-state index contributed by atoms with van der Waals surface area (Å²) in [4.78, 5) is 13.9. The molecule has 110 valence electrons. The monoisotopic (exact) mass is 278 g/mol. The summed E-state index contributed by atoms with van der Waals surface area (Å²) in [6.45, 7) is 2.43. The maximum absolute atomic E-state index is 12.0. The Bertz CT molecular complexity index is 456. The van der Waals surface area contributed by atoms with E-state index in [-0.39, 0.29) is 12.5 Å². The largest absolute Gasteiger partial charge is 0.493 e. The Hall–Kier alpha value is -1.75. The predicted octanol–water partition coefficient (Wildman–Crippen LogP) is 1.42. The molecule has 0 bridgehead atoms. The standard InChI is InChI=1S/C15H22N2O3/c1-16-10-12-6-5-7-13(19-2)15(12)20-11-14(18)17-8-3-4-9-17/h5-7,16H,3-4,8-11H2,1-2H3. The molecule has 0 saturated carbocycles. The number of likely N-dealkylation sites (tertiary alicyclic amines) is 1. The summed E-state index contributed by atoms with van der Waals surface area (Å²) in [5.41, 5.74) is 0.987. The number of benzene rings is 1. The number of hydrogen-bond acceptors (Lipinski definition) is 4. The van der Waals surface area contributed by atoms with E-state index in [1.54, 1.807) is 7.11 Å². The summed E-state index contributed by atoms with van der Waals surface area (Å²) in [5.74, 6) is 1.35. The minimum Gasteiger partial charge on any atom is -0.493 e. The van der Waals surface area contributed by atoms with Crippen LogP contribution in [0, 0.1) is 0 Å². The van der Waals surface area contributed by atoms with E-state index in [2.05, 4.69) is 5.32 Å². The van der Waals surface area contributed by atoms with Crippen LogP contribution in [0.15, 0.2) is 18.2 Å². The molecule has 1 aliphatic heterocycles. The highest BCUT2D eigenvalue weighted by Gasteiger charge is 2.19. The van der Waals surface area contributed by atoms with Gasteiger partial charge in [-0.2, -0.15) is 0 Å². The second kappa shape index (κ2) is 7.14. The number of para-hydroxylation sites is 1. The number of rotatable bonds is 6. The molecule has 1 aromatic rings. The Labute approximate surface area is 119 Å². The van der Waals surface area contributed by atoms with Crippen molar-refractivity contribution in [3.8, 4) is 11.5 Å². The predicted molar refractivity (Wildman–Crippen MR) is 77.1 cm³/mol. The lowest BCUT2D eigenvalue weighted by molar-refractivity contribution is -0.132. The molecule has 0 aromatic heterocycles. The lowest BCUT2D eigenvalue weighted by Gasteiger charge is -2.18. The molecule has 0 atom stereocenters. The zero-order valence-electron chi connectivity index (χ0n) is 12.1. The average Bonchev–Trinajstić information content (AvgIpc) is 3.00. The van der Waals surface area contributed by atoms with Crippen molar-refractivity contribution in [2.45, 2.75) is 19.4 Å². The summed E-state index contributed by atoms with van der Waals surface area (Å²) in [6, 6.07) is 5.73. The third kappa shape index (κ3) is 3.42. The molecule has 0 unspecified atom stereocenters. The number of nitrogens with zero attached hydrogens (tertiary/aromatic N) is 1. The first kappa shape index (κ1) is 14.7. The third-order valence-corrected chi connectivity index (χ3v) is 3.45. The molecule has 20 heavy (non-hydrogen) atoms. The van der Waals surface area contributed by atoms with Crippen molar-refractivity contribution in [3.05, 3.63) is 23.8 Å². The van der Waals surface area contributed by atoms with Crippen LogP contribution in [0.4, 0.5) is 0 Å². The van der Waals surface area contributed by atoms with Gasteiger partial charge in [-0.25, -0.2) is 0 Å². The molecule has 0 spiro atoms. The van der Waals surface area contributed by atoms with Crippen LogP contribution < -0.4 is 14.8 Å². The zero-order valence-corrected chi connectivity index (χ0v) is 12.1. The highest BCUT2D eigenvalue weighted by atomic mass is 16.5. The Kier molecular flexibility index (Phi) is 5.24. The number of ether oxygens (including phenoxy) is 2. The van der Waals surface area contributed by atoms with Gasteiger partial charge in [0.2, 0.25) is 0 Å². The highest BCUT2D eigenvalue weighted by molar-refractivity contribution is 5.78. The zero-order chi connectivity index (χ0) is 14.4. The Morgan fingerprint density at radius 2 is 2.10 bits per heavy atom. The summed E-state index contributed by atoms with van der Waals surface area (Å²) >= 11 is 0. The molecule has 1 aliphatic rings. The lowest BCUT2D eigenvalue weighted by atomic mass is 10.2. The van der Waals surface area contributed by atoms with E-state index in [0.29, 0.717) is 18.0 Å². The van der Waals surface area contributed by atoms with Crippen molar-refractivity contribution in [1.29, 1.82) is 0 Å². The minimum absolute atomic E-state index is 0.0452. The fourth-order valence-electron chi connectivity index (χ4n) is 2.41. The minimum atomic E-state index is 0.0452. The number of amides is 1. The maximum Gasteiger partial charge on any atom is 0.260 e.